The smallest absolute Gasteiger partial charge is 0.333 e. The molecule has 0 aromatic heterocycles. The van der Waals surface area contributed by atoms with Crippen LogP contribution in [0.4, 0.5) is 0 Å². The second kappa shape index (κ2) is 6.92. The van der Waals surface area contributed by atoms with E-state index in [1.807, 2.05) is 0 Å². The van der Waals surface area contributed by atoms with E-state index in [4.69, 9.17) is 14.9 Å². The number of aliphatic hydroxyl groups excluding tert-OH is 1. The molecular weight excluding hydrogens is 248 g/mol. The van der Waals surface area contributed by atoms with Gasteiger partial charge in [0.25, 0.3) is 0 Å². The van der Waals surface area contributed by atoms with E-state index in [0.717, 1.165) is 0 Å². The largest absolute Gasteiger partial charge is 0.507 e. The van der Waals surface area contributed by atoms with E-state index in [9.17, 15) is 9.90 Å². The Balaban J connectivity index is 2.52. The van der Waals surface area contributed by atoms with E-state index in [1.165, 1.54) is 6.07 Å². The number of aliphatic hydroxyl groups is 2. The molecule has 0 spiro atoms. The Kier molecular flexibility index (Phi) is 5.54. The highest BCUT2D eigenvalue weighted by Crippen LogP contribution is 2.27. The van der Waals surface area contributed by atoms with Crippen LogP contribution in [0.1, 0.15) is 30.8 Å². The summed E-state index contributed by atoms with van der Waals surface area (Å²) in [7, 11) is 0. The van der Waals surface area contributed by atoms with Crippen molar-refractivity contribution in [3.63, 3.8) is 0 Å². The first-order chi connectivity index (χ1) is 8.93. The van der Waals surface area contributed by atoms with Crippen LogP contribution in [-0.4, -0.2) is 27.9 Å². The third kappa shape index (κ3) is 4.39. The highest BCUT2D eigenvalue weighted by atomic mass is 16.5. The van der Waals surface area contributed by atoms with Gasteiger partial charge < -0.3 is 20.1 Å². The average Bonchev–Trinajstić information content (AvgIpc) is 2.35. The number of hydrogen-bond acceptors (Lipinski definition) is 5. The Morgan fingerprint density at radius 2 is 2.11 bits per heavy atom. The number of hydrogen-bond donors (Lipinski definition) is 3. The van der Waals surface area contributed by atoms with E-state index in [-0.39, 0.29) is 17.9 Å². The number of phenolic OH excluding ortho intramolecular Hbond substituents is 1. The first-order valence-electron chi connectivity index (χ1n) is 5.93. The van der Waals surface area contributed by atoms with Gasteiger partial charge in [0.2, 0.25) is 0 Å². The molecule has 5 heteroatoms. The van der Waals surface area contributed by atoms with Crippen LogP contribution in [-0.2, 0) is 16.0 Å². The van der Waals surface area contributed by atoms with Gasteiger partial charge in [0.1, 0.15) is 5.75 Å². The molecule has 5 nitrogen and oxygen atoms in total. The van der Waals surface area contributed by atoms with Crippen molar-refractivity contribution in [2.75, 3.05) is 6.61 Å². The third-order valence-electron chi connectivity index (χ3n) is 2.60. The Morgan fingerprint density at radius 3 is 2.68 bits per heavy atom. The standard InChI is InChI=1S/C14H18O5/c1-9(2)14(18)19-8-4-6-10-5-3-7-11(12(10)15)13(16)17/h3,5,7,13,15-17H,1,4,6,8H2,2H3. The Morgan fingerprint density at radius 1 is 1.42 bits per heavy atom. The summed E-state index contributed by atoms with van der Waals surface area (Å²) < 4.78 is 4.92. The molecule has 0 aliphatic heterocycles. The van der Waals surface area contributed by atoms with Gasteiger partial charge in [-0.15, -0.1) is 0 Å². The van der Waals surface area contributed by atoms with Crippen LogP contribution in [0.3, 0.4) is 0 Å². The fourth-order valence-corrected chi connectivity index (χ4v) is 1.57. The minimum Gasteiger partial charge on any atom is -0.507 e. The predicted octanol–water partition coefficient (Wildman–Crippen LogP) is 1.43. The molecule has 1 aromatic carbocycles. The van der Waals surface area contributed by atoms with Crippen molar-refractivity contribution >= 4 is 5.97 Å². The highest BCUT2D eigenvalue weighted by Gasteiger charge is 2.12. The first kappa shape index (κ1) is 15.2. The maximum atomic E-state index is 11.1. The van der Waals surface area contributed by atoms with Crippen LogP contribution in [0.25, 0.3) is 0 Å². The molecule has 104 valence electrons. The average molecular weight is 266 g/mol. The topological polar surface area (TPSA) is 87.0 Å². The Bertz CT molecular complexity index is 465. The van der Waals surface area contributed by atoms with Gasteiger partial charge in [-0.05, 0) is 25.3 Å². The fraction of sp³-hybridized carbons (Fsp3) is 0.357. The SMILES string of the molecule is C=C(C)C(=O)OCCCc1cccc(C(O)O)c1O. The van der Waals surface area contributed by atoms with Crippen molar-refractivity contribution in [3.05, 3.63) is 41.5 Å². The van der Waals surface area contributed by atoms with E-state index in [0.29, 0.717) is 24.0 Å². The van der Waals surface area contributed by atoms with Gasteiger partial charge in [0.05, 0.1) is 6.61 Å². The second-order valence-electron chi connectivity index (χ2n) is 4.25. The molecule has 0 bridgehead atoms. The zero-order valence-electron chi connectivity index (χ0n) is 10.8. The molecule has 0 amide bonds. The molecule has 0 aliphatic rings. The number of ether oxygens (including phenoxy) is 1. The van der Waals surface area contributed by atoms with Crippen LogP contribution in [0.2, 0.25) is 0 Å². The number of carbonyl (C=O) groups is 1. The lowest BCUT2D eigenvalue weighted by molar-refractivity contribution is -0.139. The zero-order valence-corrected chi connectivity index (χ0v) is 10.8. The molecule has 0 saturated heterocycles. The van der Waals surface area contributed by atoms with Crippen molar-refractivity contribution in [1.82, 2.24) is 0 Å². The van der Waals surface area contributed by atoms with Crippen molar-refractivity contribution in [3.8, 4) is 5.75 Å². The lowest BCUT2D eigenvalue weighted by Gasteiger charge is -2.11. The maximum Gasteiger partial charge on any atom is 0.333 e. The monoisotopic (exact) mass is 266 g/mol. The quantitative estimate of drug-likeness (QED) is 0.314. The molecule has 0 saturated carbocycles. The van der Waals surface area contributed by atoms with Crippen molar-refractivity contribution in [2.24, 2.45) is 0 Å². The number of aromatic hydroxyl groups is 1. The van der Waals surface area contributed by atoms with Gasteiger partial charge in [0, 0.05) is 11.1 Å². The third-order valence-corrected chi connectivity index (χ3v) is 2.60. The molecule has 0 fully saturated rings. The number of phenols is 1. The summed E-state index contributed by atoms with van der Waals surface area (Å²) in [5.41, 5.74) is 0.988. The first-order valence-corrected chi connectivity index (χ1v) is 5.93. The number of carbonyl (C=O) groups excluding carboxylic acids is 1. The van der Waals surface area contributed by atoms with Gasteiger partial charge in [-0.1, -0.05) is 24.8 Å². The molecule has 19 heavy (non-hydrogen) atoms. The summed E-state index contributed by atoms with van der Waals surface area (Å²) in [6.07, 6.45) is -0.714. The molecule has 1 rings (SSSR count). The summed E-state index contributed by atoms with van der Waals surface area (Å²) in [6, 6.07) is 4.75. The van der Waals surface area contributed by atoms with Crippen molar-refractivity contribution in [2.45, 2.75) is 26.1 Å². The van der Waals surface area contributed by atoms with E-state index in [1.54, 1.807) is 19.1 Å². The van der Waals surface area contributed by atoms with E-state index >= 15 is 0 Å². The van der Waals surface area contributed by atoms with E-state index < -0.39 is 12.3 Å². The summed E-state index contributed by atoms with van der Waals surface area (Å²) in [5, 5.41) is 27.9. The van der Waals surface area contributed by atoms with Crippen molar-refractivity contribution in [1.29, 1.82) is 0 Å². The van der Waals surface area contributed by atoms with Crippen LogP contribution in [0.5, 0.6) is 5.75 Å². The predicted molar refractivity (Wildman–Crippen MR) is 69.4 cm³/mol. The summed E-state index contributed by atoms with van der Waals surface area (Å²) in [5.74, 6) is -0.576. The second-order valence-corrected chi connectivity index (χ2v) is 4.25. The number of aryl methyl sites for hydroxylation is 1. The molecule has 0 radical (unpaired) electrons. The zero-order chi connectivity index (χ0) is 14.4. The van der Waals surface area contributed by atoms with Crippen molar-refractivity contribution < 1.29 is 24.9 Å². The highest BCUT2D eigenvalue weighted by molar-refractivity contribution is 5.86. The summed E-state index contributed by atoms with van der Waals surface area (Å²) in [6.45, 7) is 5.26. The van der Waals surface area contributed by atoms with Crippen LogP contribution < -0.4 is 0 Å². The van der Waals surface area contributed by atoms with Crippen LogP contribution >= 0.6 is 0 Å². The molecule has 1 aromatic rings. The van der Waals surface area contributed by atoms with Gasteiger partial charge in [-0.2, -0.15) is 0 Å². The number of rotatable bonds is 6. The molecule has 0 atom stereocenters. The molecule has 0 aliphatic carbocycles. The maximum absolute atomic E-state index is 11.1. The number of para-hydroxylation sites is 1. The van der Waals surface area contributed by atoms with Gasteiger partial charge in [-0.25, -0.2) is 4.79 Å². The molecular formula is C14H18O5. The van der Waals surface area contributed by atoms with Gasteiger partial charge >= 0.3 is 5.97 Å². The van der Waals surface area contributed by atoms with Gasteiger partial charge in [0.15, 0.2) is 6.29 Å². The summed E-state index contributed by atoms with van der Waals surface area (Å²) >= 11 is 0. The minimum atomic E-state index is -1.71. The van der Waals surface area contributed by atoms with Gasteiger partial charge in [-0.3, -0.25) is 0 Å². The Hall–Kier alpha value is -1.85. The fourth-order valence-electron chi connectivity index (χ4n) is 1.57. The molecule has 3 N–H and O–H groups in total. The number of benzene rings is 1. The lowest BCUT2D eigenvalue weighted by Crippen LogP contribution is -2.07. The molecule has 0 unspecified atom stereocenters. The number of esters is 1. The summed E-state index contributed by atoms with van der Waals surface area (Å²) in [4.78, 5) is 11.1. The van der Waals surface area contributed by atoms with Crippen LogP contribution in [0, 0.1) is 0 Å². The minimum absolute atomic E-state index is 0.0661. The van der Waals surface area contributed by atoms with Crippen LogP contribution in [0.15, 0.2) is 30.4 Å². The molecule has 0 heterocycles. The van der Waals surface area contributed by atoms with E-state index in [2.05, 4.69) is 6.58 Å². The Labute approximate surface area is 111 Å². The normalized spacial score (nSPS) is 10.5. The lowest BCUT2D eigenvalue weighted by atomic mass is 10.0.